The van der Waals surface area contributed by atoms with Crippen molar-refractivity contribution < 1.29 is 19.4 Å². The lowest BCUT2D eigenvalue weighted by Crippen LogP contribution is -2.49. The number of hydrogen-bond acceptors (Lipinski definition) is 3. The highest BCUT2D eigenvalue weighted by molar-refractivity contribution is 5.76. The van der Waals surface area contributed by atoms with E-state index in [2.05, 4.69) is 6.58 Å². The molecule has 19 heavy (non-hydrogen) atoms. The summed E-state index contributed by atoms with van der Waals surface area (Å²) in [6.45, 7) is 5.91. The zero-order chi connectivity index (χ0) is 14.3. The molecule has 0 aromatic rings. The van der Waals surface area contributed by atoms with Gasteiger partial charge in [0, 0.05) is 33.3 Å². The number of rotatable bonds is 6. The van der Waals surface area contributed by atoms with E-state index in [0.29, 0.717) is 32.7 Å². The molecular formula is C13H22N2O4. The van der Waals surface area contributed by atoms with Crippen LogP contribution in [0, 0.1) is 5.92 Å². The smallest absolute Gasteiger partial charge is 0.320 e. The van der Waals surface area contributed by atoms with Gasteiger partial charge in [-0.2, -0.15) is 0 Å². The highest BCUT2D eigenvalue weighted by Gasteiger charge is 2.30. The lowest BCUT2D eigenvalue weighted by molar-refractivity contribution is -0.143. The van der Waals surface area contributed by atoms with Gasteiger partial charge < -0.3 is 19.6 Å². The molecule has 0 aromatic carbocycles. The Morgan fingerprint density at radius 1 is 1.58 bits per heavy atom. The monoisotopic (exact) mass is 270 g/mol. The van der Waals surface area contributed by atoms with E-state index < -0.39 is 11.9 Å². The van der Waals surface area contributed by atoms with Crippen molar-refractivity contribution in [3.63, 3.8) is 0 Å². The number of hydrogen-bond donors (Lipinski definition) is 1. The molecule has 0 bridgehead atoms. The van der Waals surface area contributed by atoms with Crippen LogP contribution in [0.25, 0.3) is 0 Å². The average molecular weight is 270 g/mol. The fraction of sp³-hybridized carbons (Fsp3) is 0.692. The minimum atomic E-state index is -0.829. The Morgan fingerprint density at radius 3 is 2.89 bits per heavy atom. The molecule has 1 fully saturated rings. The van der Waals surface area contributed by atoms with Gasteiger partial charge in [0.05, 0.1) is 12.5 Å². The number of likely N-dealkylation sites (tertiary alicyclic amines) is 1. The Hall–Kier alpha value is -1.56. The molecule has 1 atom stereocenters. The second-order valence-corrected chi connectivity index (χ2v) is 4.63. The van der Waals surface area contributed by atoms with Crippen molar-refractivity contribution in [1.29, 1.82) is 0 Å². The molecule has 0 saturated carbocycles. The number of carbonyl (C=O) groups is 2. The van der Waals surface area contributed by atoms with Gasteiger partial charge in [-0.25, -0.2) is 4.79 Å². The first kappa shape index (κ1) is 15.5. The van der Waals surface area contributed by atoms with Crippen molar-refractivity contribution in [2.45, 2.75) is 12.8 Å². The van der Waals surface area contributed by atoms with Crippen molar-refractivity contribution >= 4 is 12.0 Å². The predicted molar refractivity (Wildman–Crippen MR) is 71.0 cm³/mol. The summed E-state index contributed by atoms with van der Waals surface area (Å²) in [4.78, 5) is 26.6. The Morgan fingerprint density at radius 2 is 2.32 bits per heavy atom. The van der Waals surface area contributed by atoms with Crippen LogP contribution in [0.4, 0.5) is 4.79 Å². The summed E-state index contributed by atoms with van der Waals surface area (Å²) < 4.78 is 4.97. The average Bonchev–Trinajstić information content (AvgIpc) is 2.42. The summed E-state index contributed by atoms with van der Waals surface area (Å²) in [5, 5.41) is 9.03. The topological polar surface area (TPSA) is 70.1 Å². The van der Waals surface area contributed by atoms with Gasteiger partial charge in [0.1, 0.15) is 0 Å². The van der Waals surface area contributed by atoms with E-state index in [1.165, 1.54) is 0 Å². The van der Waals surface area contributed by atoms with Gasteiger partial charge in [-0.1, -0.05) is 6.08 Å². The number of amides is 2. The largest absolute Gasteiger partial charge is 0.481 e. The third-order valence-electron chi connectivity index (χ3n) is 3.23. The first-order chi connectivity index (χ1) is 9.10. The molecule has 6 nitrogen and oxygen atoms in total. The van der Waals surface area contributed by atoms with E-state index in [1.54, 1.807) is 23.0 Å². The maximum atomic E-state index is 12.3. The van der Waals surface area contributed by atoms with Crippen LogP contribution >= 0.6 is 0 Å². The number of carboxylic acids is 1. The number of carboxylic acid groups (broad SMARTS) is 1. The molecule has 1 aliphatic rings. The molecular weight excluding hydrogens is 248 g/mol. The number of nitrogens with zero attached hydrogens (tertiary/aromatic N) is 2. The van der Waals surface area contributed by atoms with Crippen LogP contribution in [0.15, 0.2) is 12.7 Å². The van der Waals surface area contributed by atoms with E-state index in [4.69, 9.17) is 9.84 Å². The molecule has 0 spiro atoms. The first-order valence-electron chi connectivity index (χ1n) is 6.46. The number of methoxy groups -OCH3 is 1. The number of urea groups is 1. The second kappa shape index (κ2) is 7.78. The number of aliphatic carboxylic acids is 1. The van der Waals surface area contributed by atoms with Crippen LogP contribution in [-0.4, -0.2) is 66.8 Å². The molecule has 1 N–H and O–H groups in total. The Labute approximate surface area is 113 Å². The van der Waals surface area contributed by atoms with Crippen molar-refractivity contribution in [1.82, 2.24) is 9.80 Å². The molecule has 0 aliphatic carbocycles. The molecule has 1 saturated heterocycles. The highest BCUT2D eigenvalue weighted by atomic mass is 16.5. The molecule has 0 radical (unpaired) electrons. The zero-order valence-electron chi connectivity index (χ0n) is 11.4. The predicted octanol–water partition coefficient (Wildman–Crippen LogP) is 1.04. The quantitative estimate of drug-likeness (QED) is 0.732. The third kappa shape index (κ3) is 4.55. The molecule has 0 aromatic heterocycles. The molecule has 2 amide bonds. The van der Waals surface area contributed by atoms with E-state index in [0.717, 1.165) is 6.42 Å². The van der Waals surface area contributed by atoms with E-state index in [1.807, 2.05) is 0 Å². The summed E-state index contributed by atoms with van der Waals surface area (Å²) >= 11 is 0. The van der Waals surface area contributed by atoms with Crippen molar-refractivity contribution in [3.05, 3.63) is 12.7 Å². The summed E-state index contributed by atoms with van der Waals surface area (Å²) in [5.41, 5.74) is 0. The number of carbonyl (C=O) groups excluding carboxylic acids is 1. The van der Waals surface area contributed by atoms with Crippen molar-refractivity contribution in [2.24, 2.45) is 5.92 Å². The fourth-order valence-corrected chi connectivity index (χ4v) is 2.17. The Kier molecular flexibility index (Phi) is 6.35. The molecule has 108 valence electrons. The minimum absolute atomic E-state index is 0.136. The fourth-order valence-electron chi connectivity index (χ4n) is 2.17. The molecule has 1 heterocycles. The SMILES string of the molecule is C=CCN(CCOC)C(=O)N1CCC[C@@H](C(=O)O)C1. The van der Waals surface area contributed by atoms with E-state index in [9.17, 15) is 9.59 Å². The minimum Gasteiger partial charge on any atom is -0.481 e. The Balaban J connectivity index is 2.61. The van der Waals surface area contributed by atoms with Gasteiger partial charge in [0.2, 0.25) is 0 Å². The van der Waals surface area contributed by atoms with Gasteiger partial charge >= 0.3 is 12.0 Å². The van der Waals surface area contributed by atoms with Crippen LogP contribution in [0.5, 0.6) is 0 Å². The summed E-state index contributed by atoms with van der Waals surface area (Å²) in [7, 11) is 1.58. The van der Waals surface area contributed by atoms with Gasteiger partial charge in [0.25, 0.3) is 0 Å². The molecule has 1 aliphatic heterocycles. The van der Waals surface area contributed by atoms with Crippen LogP contribution in [-0.2, 0) is 9.53 Å². The van der Waals surface area contributed by atoms with Crippen LogP contribution < -0.4 is 0 Å². The van der Waals surface area contributed by atoms with Crippen molar-refractivity contribution in [2.75, 3.05) is 39.9 Å². The number of ether oxygens (including phenoxy) is 1. The van der Waals surface area contributed by atoms with Crippen LogP contribution in [0.1, 0.15) is 12.8 Å². The third-order valence-corrected chi connectivity index (χ3v) is 3.23. The van der Waals surface area contributed by atoms with Crippen LogP contribution in [0.2, 0.25) is 0 Å². The second-order valence-electron chi connectivity index (χ2n) is 4.63. The lowest BCUT2D eigenvalue weighted by Gasteiger charge is -2.34. The standard InChI is InChI=1S/C13H22N2O4/c1-3-6-14(8-9-19-2)13(18)15-7-4-5-11(10-15)12(16)17/h3,11H,1,4-10H2,2H3,(H,16,17)/t11-/m1/s1. The van der Waals surface area contributed by atoms with Crippen LogP contribution in [0.3, 0.4) is 0 Å². The summed E-state index contributed by atoms with van der Waals surface area (Å²) in [6.07, 6.45) is 3.03. The maximum absolute atomic E-state index is 12.3. The first-order valence-corrected chi connectivity index (χ1v) is 6.46. The highest BCUT2D eigenvalue weighted by Crippen LogP contribution is 2.18. The number of piperidine rings is 1. The van der Waals surface area contributed by atoms with Gasteiger partial charge in [-0.3, -0.25) is 4.79 Å². The van der Waals surface area contributed by atoms with Gasteiger partial charge in [0.15, 0.2) is 0 Å². The molecule has 6 heteroatoms. The summed E-state index contributed by atoms with van der Waals surface area (Å²) in [6, 6.07) is -0.136. The maximum Gasteiger partial charge on any atom is 0.320 e. The van der Waals surface area contributed by atoms with Crippen molar-refractivity contribution in [3.8, 4) is 0 Å². The zero-order valence-corrected chi connectivity index (χ0v) is 11.4. The van der Waals surface area contributed by atoms with Gasteiger partial charge in [-0.15, -0.1) is 6.58 Å². The Bertz CT molecular complexity index is 333. The van der Waals surface area contributed by atoms with E-state index >= 15 is 0 Å². The van der Waals surface area contributed by atoms with Gasteiger partial charge in [-0.05, 0) is 12.8 Å². The summed E-state index contributed by atoms with van der Waals surface area (Å²) in [5.74, 6) is -1.28. The normalized spacial score (nSPS) is 19.0. The lowest BCUT2D eigenvalue weighted by atomic mass is 9.99. The molecule has 0 unspecified atom stereocenters. The molecule has 1 rings (SSSR count). The van der Waals surface area contributed by atoms with E-state index in [-0.39, 0.29) is 12.6 Å².